The van der Waals surface area contributed by atoms with Gasteiger partial charge in [0.1, 0.15) is 5.52 Å². The van der Waals surface area contributed by atoms with Crippen molar-refractivity contribution in [1.82, 2.24) is 4.98 Å². The number of aromatic amines is 1. The van der Waals surface area contributed by atoms with E-state index < -0.39 is 4.92 Å². The fraction of sp³-hybridized carbons (Fsp3) is 0.182. The van der Waals surface area contributed by atoms with Crippen molar-refractivity contribution in [2.75, 3.05) is 6.61 Å². The normalized spacial score (nSPS) is 9.44. The zero-order chi connectivity index (χ0) is 13.5. The van der Waals surface area contributed by atoms with Crippen molar-refractivity contribution in [2.45, 2.75) is 6.92 Å². The maximum atomic E-state index is 10.6. The van der Waals surface area contributed by atoms with Gasteiger partial charge in [-0.05, 0) is 19.1 Å². The number of H-pyrrole nitrogens is 1. The lowest BCUT2D eigenvalue weighted by molar-refractivity contribution is -0.383. The number of carbonyl (C=O) groups excluding carboxylic acids is 1. The van der Waals surface area contributed by atoms with Crippen LogP contribution < -0.4 is 0 Å². The molecule has 2 rings (SSSR count). The van der Waals surface area contributed by atoms with Crippen molar-refractivity contribution in [1.29, 1.82) is 0 Å². The van der Waals surface area contributed by atoms with Crippen LogP contribution in [0.2, 0.25) is 5.02 Å². The third-order valence-electron chi connectivity index (χ3n) is 2.03. The summed E-state index contributed by atoms with van der Waals surface area (Å²) in [6.45, 7) is 2.66. The molecule has 0 unspecified atom stereocenters. The number of hydrogen-bond donors (Lipinski definition) is 1. The summed E-state index contributed by atoms with van der Waals surface area (Å²) in [7, 11) is 0. The monoisotopic (exact) mass is 270 g/mol. The number of nitrogens with one attached hydrogen (secondary N) is 1. The Morgan fingerprint density at radius 3 is 2.78 bits per heavy atom. The van der Waals surface area contributed by atoms with Gasteiger partial charge in [-0.15, -0.1) is 0 Å². The minimum absolute atomic E-state index is 0.00694. The first-order valence-corrected chi connectivity index (χ1v) is 5.44. The molecule has 0 bridgehead atoms. The first-order chi connectivity index (χ1) is 8.60. The minimum Gasteiger partial charge on any atom is -0.468 e. The molecule has 96 valence electrons. The van der Waals surface area contributed by atoms with Crippen molar-refractivity contribution in [3.05, 3.63) is 39.5 Å². The number of hydrogen-bond acceptors (Lipinski definition) is 4. The number of carbonyl (C=O) groups is 1. The molecule has 0 aliphatic carbocycles. The number of halogens is 1. The maximum absolute atomic E-state index is 10.6. The van der Waals surface area contributed by atoms with E-state index in [2.05, 4.69) is 9.72 Å². The van der Waals surface area contributed by atoms with Gasteiger partial charge in [-0.2, -0.15) is 0 Å². The molecular weight excluding hydrogens is 260 g/mol. The van der Waals surface area contributed by atoms with Gasteiger partial charge >= 0.3 is 0 Å². The van der Waals surface area contributed by atoms with Crippen molar-refractivity contribution >= 4 is 34.7 Å². The number of nitro groups is 1. The van der Waals surface area contributed by atoms with E-state index in [1.165, 1.54) is 6.07 Å². The minimum atomic E-state index is -0.454. The fourth-order valence-corrected chi connectivity index (χ4v) is 1.55. The molecule has 0 atom stereocenters. The second kappa shape index (κ2) is 6.61. The van der Waals surface area contributed by atoms with Crippen LogP contribution in [0.4, 0.5) is 5.69 Å². The second-order valence-electron chi connectivity index (χ2n) is 3.18. The summed E-state index contributed by atoms with van der Waals surface area (Å²) in [6.07, 6.45) is 1.65. The first-order valence-electron chi connectivity index (χ1n) is 5.06. The zero-order valence-electron chi connectivity index (χ0n) is 9.55. The van der Waals surface area contributed by atoms with Gasteiger partial charge < -0.3 is 9.72 Å². The predicted octanol–water partition coefficient (Wildman–Crippen LogP) is 2.91. The summed E-state index contributed by atoms with van der Waals surface area (Å²) in [5, 5.41) is 11.7. The third-order valence-corrected chi connectivity index (χ3v) is 2.25. The molecule has 18 heavy (non-hydrogen) atoms. The highest BCUT2D eigenvalue weighted by Gasteiger charge is 2.13. The topological polar surface area (TPSA) is 85.2 Å². The Kier molecular flexibility index (Phi) is 5.13. The average Bonchev–Trinajstić information content (AvgIpc) is 2.77. The van der Waals surface area contributed by atoms with E-state index in [-0.39, 0.29) is 5.69 Å². The fourth-order valence-electron chi connectivity index (χ4n) is 1.33. The van der Waals surface area contributed by atoms with E-state index in [1.54, 1.807) is 25.3 Å². The highest BCUT2D eigenvalue weighted by atomic mass is 35.5. The Morgan fingerprint density at radius 1 is 1.56 bits per heavy atom. The van der Waals surface area contributed by atoms with Gasteiger partial charge in [0.05, 0.1) is 11.5 Å². The summed E-state index contributed by atoms with van der Waals surface area (Å²) < 4.78 is 4.15. The number of nitro benzene ring substituents is 1. The molecular formula is C11H11ClN2O4. The molecule has 7 heteroatoms. The van der Waals surface area contributed by atoms with Crippen LogP contribution in [0.5, 0.6) is 0 Å². The second-order valence-corrected chi connectivity index (χ2v) is 3.61. The Labute approximate surface area is 108 Å². The third kappa shape index (κ3) is 3.46. The summed E-state index contributed by atoms with van der Waals surface area (Å²) >= 11 is 5.71. The number of nitrogens with zero attached hydrogens (tertiary/aromatic N) is 1. The van der Waals surface area contributed by atoms with Gasteiger partial charge in [-0.3, -0.25) is 14.9 Å². The molecule has 1 heterocycles. The lowest BCUT2D eigenvalue weighted by Crippen LogP contribution is -1.88. The molecule has 1 N–H and O–H groups in total. The van der Waals surface area contributed by atoms with Crippen LogP contribution in [0.1, 0.15) is 6.92 Å². The van der Waals surface area contributed by atoms with Gasteiger partial charge in [0.15, 0.2) is 0 Å². The molecule has 1 aromatic heterocycles. The smallest absolute Gasteiger partial charge is 0.294 e. The van der Waals surface area contributed by atoms with Crippen molar-refractivity contribution in [2.24, 2.45) is 0 Å². The molecule has 0 radical (unpaired) electrons. The highest BCUT2D eigenvalue weighted by Crippen LogP contribution is 2.28. The Balaban J connectivity index is 0.000000280. The number of non-ortho nitro benzene ring substituents is 1. The predicted molar refractivity (Wildman–Crippen MR) is 67.7 cm³/mol. The molecule has 0 aliphatic rings. The Morgan fingerprint density at radius 2 is 2.28 bits per heavy atom. The molecule has 0 fully saturated rings. The number of benzene rings is 1. The number of rotatable bonds is 3. The molecule has 0 saturated carbocycles. The Hall–Kier alpha value is -2.08. The lowest BCUT2D eigenvalue weighted by Gasteiger charge is -1.94. The summed E-state index contributed by atoms with van der Waals surface area (Å²) in [4.78, 5) is 22.1. The molecule has 1 aromatic carbocycles. The molecule has 6 nitrogen and oxygen atoms in total. The van der Waals surface area contributed by atoms with E-state index in [1.807, 2.05) is 0 Å². The van der Waals surface area contributed by atoms with Crippen LogP contribution in [0.15, 0.2) is 24.4 Å². The van der Waals surface area contributed by atoms with E-state index in [0.29, 0.717) is 23.6 Å². The van der Waals surface area contributed by atoms with E-state index in [4.69, 9.17) is 11.6 Å². The van der Waals surface area contributed by atoms with E-state index >= 15 is 0 Å². The van der Waals surface area contributed by atoms with Crippen molar-refractivity contribution in [3.8, 4) is 0 Å². The number of fused-ring (bicyclic) bond motifs is 1. The van der Waals surface area contributed by atoms with Crippen molar-refractivity contribution in [3.63, 3.8) is 0 Å². The van der Waals surface area contributed by atoms with Gasteiger partial charge in [-0.25, -0.2) is 0 Å². The average molecular weight is 271 g/mol. The molecule has 0 saturated heterocycles. The van der Waals surface area contributed by atoms with E-state index in [0.717, 1.165) is 5.39 Å². The van der Waals surface area contributed by atoms with Crippen LogP contribution in [0, 0.1) is 10.1 Å². The van der Waals surface area contributed by atoms with Gasteiger partial charge in [0, 0.05) is 22.7 Å². The summed E-state index contributed by atoms with van der Waals surface area (Å²) in [6, 6.07) is 4.76. The maximum Gasteiger partial charge on any atom is 0.294 e. The van der Waals surface area contributed by atoms with Crippen LogP contribution in [-0.4, -0.2) is 23.0 Å². The van der Waals surface area contributed by atoms with Crippen LogP contribution >= 0.6 is 11.6 Å². The first kappa shape index (κ1) is 14.0. The zero-order valence-corrected chi connectivity index (χ0v) is 10.3. The standard InChI is InChI=1S/C8H5ClN2O2.C3H6O2/c9-6-3-5-1-2-10-8(5)7(4-6)11(12)13;1-2-5-3-4/h1-4,10H;3H,2H2,1H3. The highest BCUT2D eigenvalue weighted by molar-refractivity contribution is 6.31. The van der Waals surface area contributed by atoms with Crippen LogP contribution in [-0.2, 0) is 9.53 Å². The van der Waals surface area contributed by atoms with Gasteiger partial charge in [-0.1, -0.05) is 11.6 Å². The lowest BCUT2D eigenvalue weighted by atomic mass is 10.2. The van der Waals surface area contributed by atoms with E-state index in [9.17, 15) is 14.9 Å². The van der Waals surface area contributed by atoms with Gasteiger partial charge in [0.25, 0.3) is 12.2 Å². The molecule has 0 spiro atoms. The van der Waals surface area contributed by atoms with Crippen LogP contribution in [0.25, 0.3) is 10.9 Å². The summed E-state index contributed by atoms with van der Waals surface area (Å²) in [5.41, 5.74) is 0.516. The number of ether oxygens (including phenoxy) is 1. The SMILES string of the molecule is CCOC=O.O=[N+]([O-])c1cc(Cl)cc2cc[nH]c12. The molecule has 2 aromatic rings. The Bertz CT molecular complexity index is 553. The van der Waals surface area contributed by atoms with Crippen LogP contribution in [0.3, 0.4) is 0 Å². The van der Waals surface area contributed by atoms with Crippen molar-refractivity contribution < 1.29 is 14.5 Å². The number of aromatic nitrogens is 1. The quantitative estimate of drug-likeness (QED) is 0.528. The molecule has 0 amide bonds. The largest absolute Gasteiger partial charge is 0.468 e. The molecule has 0 aliphatic heterocycles. The van der Waals surface area contributed by atoms with Gasteiger partial charge in [0.2, 0.25) is 0 Å². The summed E-state index contributed by atoms with van der Waals surface area (Å²) in [5.74, 6) is 0.